The van der Waals surface area contributed by atoms with Crippen molar-refractivity contribution < 1.29 is 17.9 Å². The molecular formula is C19H26N2O4S. The number of likely N-dealkylation sites (tertiary alicyclic amines) is 1. The van der Waals surface area contributed by atoms with Crippen LogP contribution in [0.5, 0.6) is 0 Å². The number of amides is 1. The Bertz CT molecular complexity index is 768. The lowest BCUT2D eigenvalue weighted by Crippen LogP contribution is -2.77. The Hall–Kier alpha value is -1.44. The van der Waals surface area contributed by atoms with Gasteiger partial charge in [0, 0.05) is 26.7 Å². The van der Waals surface area contributed by atoms with Crippen LogP contribution in [0, 0.1) is 5.92 Å². The molecular weight excluding hydrogens is 352 g/mol. The third-order valence-electron chi connectivity index (χ3n) is 6.06. The van der Waals surface area contributed by atoms with Crippen molar-refractivity contribution in [1.29, 1.82) is 0 Å². The van der Waals surface area contributed by atoms with Gasteiger partial charge in [0.2, 0.25) is 10.0 Å². The van der Waals surface area contributed by atoms with Gasteiger partial charge in [-0.15, -0.1) is 0 Å². The second-order valence-electron chi connectivity index (χ2n) is 7.75. The Morgan fingerprint density at radius 1 is 1.15 bits per heavy atom. The number of rotatable bonds is 6. The maximum absolute atomic E-state index is 12.8. The number of nitrogens with zero attached hydrogens (tertiary/aromatic N) is 2. The molecule has 1 saturated carbocycles. The molecule has 1 aliphatic carbocycles. The second-order valence-corrected chi connectivity index (χ2v) is 9.72. The van der Waals surface area contributed by atoms with Crippen molar-refractivity contribution in [3.63, 3.8) is 0 Å². The van der Waals surface area contributed by atoms with Crippen LogP contribution in [-0.4, -0.2) is 61.9 Å². The molecule has 4 rings (SSSR count). The largest absolute Gasteiger partial charge is 0.369 e. The number of benzene rings is 1. The van der Waals surface area contributed by atoms with Crippen molar-refractivity contribution in [3.05, 3.63) is 35.9 Å². The molecule has 3 aliphatic rings. The van der Waals surface area contributed by atoms with Crippen LogP contribution < -0.4 is 0 Å². The molecule has 0 aromatic heterocycles. The van der Waals surface area contributed by atoms with Crippen molar-refractivity contribution in [2.24, 2.45) is 5.92 Å². The molecule has 2 heterocycles. The van der Waals surface area contributed by atoms with Crippen molar-refractivity contribution in [1.82, 2.24) is 9.21 Å². The fraction of sp³-hybridized carbons (Fsp3) is 0.632. The monoisotopic (exact) mass is 378 g/mol. The molecule has 6 nitrogen and oxygen atoms in total. The molecule has 7 heteroatoms. The third-order valence-corrected chi connectivity index (χ3v) is 7.91. The first-order valence-corrected chi connectivity index (χ1v) is 10.9. The highest BCUT2D eigenvalue weighted by atomic mass is 32.2. The van der Waals surface area contributed by atoms with Gasteiger partial charge in [-0.3, -0.25) is 4.79 Å². The fourth-order valence-corrected chi connectivity index (χ4v) is 5.91. The molecule has 2 aliphatic heterocycles. The summed E-state index contributed by atoms with van der Waals surface area (Å²) in [5.41, 5.74) is 0.490. The van der Waals surface area contributed by atoms with Crippen molar-refractivity contribution >= 4 is 15.9 Å². The highest BCUT2D eigenvalue weighted by Crippen LogP contribution is 2.45. The van der Waals surface area contributed by atoms with E-state index in [1.807, 2.05) is 35.2 Å². The molecule has 2 saturated heterocycles. The predicted octanol–water partition coefficient (Wildman–Crippen LogP) is 1.62. The maximum atomic E-state index is 12.8. The number of carbonyl (C=O) groups is 1. The van der Waals surface area contributed by atoms with E-state index in [-0.39, 0.29) is 17.2 Å². The molecule has 1 spiro atoms. The normalized spacial score (nSPS) is 26.1. The summed E-state index contributed by atoms with van der Waals surface area (Å²) in [5.74, 6) is 0.715. The van der Waals surface area contributed by atoms with Gasteiger partial charge >= 0.3 is 0 Å². The van der Waals surface area contributed by atoms with Gasteiger partial charge in [-0.2, -0.15) is 0 Å². The molecule has 0 N–H and O–H groups in total. The quantitative estimate of drug-likeness (QED) is 0.706. The van der Waals surface area contributed by atoms with Crippen molar-refractivity contribution in [2.75, 3.05) is 26.7 Å². The molecule has 142 valence electrons. The van der Waals surface area contributed by atoms with E-state index in [0.29, 0.717) is 31.8 Å². The average molecular weight is 378 g/mol. The summed E-state index contributed by atoms with van der Waals surface area (Å²) in [7, 11) is -1.77. The van der Waals surface area contributed by atoms with Gasteiger partial charge in [0.05, 0.1) is 11.3 Å². The van der Waals surface area contributed by atoms with Gasteiger partial charge in [0.15, 0.2) is 6.10 Å². The Labute approximate surface area is 155 Å². The lowest BCUT2D eigenvalue weighted by atomic mass is 9.73. The number of hydrogen-bond acceptors (Lipinski definition) is 4. The summed E-state index contributed by atoms with van der Waals surface area (Å²) in [6, 6.07) is 9.27. The standard InChI is InChI=1S/C19H26N2O4S/c1-25-17-18(22)21(13-15-7-8-15)19(17)9-11-20(12-10-19)26(23,24)14-16-5-3-2-4-6-16/h2-6,15,17H,7-14H2,1H3. The molecule has 3 fully saturated rings. The van der Waals surface area contributed by atoms with E-state index in [2.05, 4.69) is 0 Å². The zero-order valence-electron chi connectivity index (χ0n) is 15.1. The van der Waals surface area contributed by atoms with Crippen LogP contribution >= 0.6 is 0 Å². The molecule has 1 aromatic rings. The third kappa shape index (κ3) is 3.06. The van der Waals surface area contributed by atoms with Crippen LogP contribution in [0.2, 0.25) is 0 Å². The minimum atomic E-state index is -3.35. The second kappa shape index (κ2) is 6.62. The number of sulfonamides is 1. The molecule has 0 radical (unpaired) electrons. The molecule has 1 amide bonds. The maximum Gasteiger partial charge on any atom is 0.254 e. The van der Waals surface area contributed by atoms with E-state index in [9.17, 15) is 13.2 Å². The predicted molar refractivity (Wildman–Crippen MR) is 97.8 cm³/mol. The lowest BCUT2D eigenvalue weighted by Gasteiger charge is -2.59. The van der Waals surface area contributed by atoms with Gasteiger partial charge in [-0.05, 0) is 37.2 Å². The fourth-order valence-electron chi connectivity index (χ4n) is 4.38. The number of piperidine rings is 1. The average Bonchev–Trinajstić information content (AvgIpc) is 3.45. The van der Waals surface area contributed by atoms with Gasteiger partial charge in [-0.1, -0.05) is 30.3 Å². The van der Waals surface area contributed by atoms with Crippen molar-refractivity contribution in [3.8, 4) is 0 Å². The van der Waals surface area contributed by atoms with Gasteiger partial charge in [0.25, 0.3) is 5.91 Å². The Morgan fingerprint density at radius 2 is 1.81 bits per heavy atom. The highest BCUT2D eigenvalue weighted by molar-refractivity contribution is 7.88. The molecule has 0 bridgehead atoms. The number of β-lactam (4-membered cyclic amide) rings is 1. The summed E-state index contributed by atoms with van der Waals surface area (Å²) in [4.78, 5) is 14.4. The highest BCUT2D eigenvalue weighted by Gasteiger charge is 2.62. The first-order chi connectivity index (χ1) is 12.5. The van der Waals surface area contributed by atoms with Crippen LogP contribution in [-0.2, 0) is 25.3 Å². The smallest absolute Gasteiger partial charge is 0.254 e. The number of methoxy groups -OCH3 is 1. The SMILES string of the molecule is COC1C(=O)N(CC2CC2)C12CCN(S(=O)(=O)Cc1ccccc1)CC2. The summed E-state index contributed by atoms with van der Waals surface area (Å²) in [6.07, 6.45) is 3.26. The van der Waals surface area contributed by atoms with Crippen LogP contribution in [0.15, 0.2) is 30.3 Å². The molecule has 1 unspecified atom stereocenters. The van der Waals surface area contributed by atoms with E-state index in [0.717, 1.165) is 12.1 Å². The van der Waals surface area contributed by atoms with E-state index in [4.69, 9.17) is 4.74 Å². The first-order valence-electron chi connectivity index (χ1n) is 9.32. The Morgan fingerprint density at radius 3 is 2.38 bits per heavy atom. The number of carbonyl (C=O) groups excluding carboxylic acids is 1. The first kappa shape index (κ1) is 17.9. The molecule has 1 aromatic carbocycles. The van der Waals surface area contributed by atoms with E-state index >= 15 is 0 Å². The number of ether oxygens (including phenoxy) is 1. The van der Waals surface area contributed by atoms with Gasteiger partial charge in [0.1, 0.15) is 0 Å². The summed E-state index contributed by atoms with van der Waals surface area (Å²) >= 11 is 0. The van der Waals surface area contributed by atoms with Crippen molar-refractivity contribution in [2.45, 2.75) is 43.1 Å². The van der Waals surface area contributed by atoms with Crippen LogP contribution in [0.25, 0.3) is 0 Å². The Balaban J connectivity index is 1.44. The zero-order valence-corrected chi connectivity index (χ0v) is 16.0. The van der Waals surface area contributed by atoms with E-state index in [1.165, 1.54) is 12.8 Å². The Kier molecular flexibility index (Phi) is 4.57. The summed E-state index contributed by atoms with van der Waals surface area (Å²) < 4.78 is 32.6. The minimum Gasteiger partial charge on any atom is -0.369 e. The van der Waals surface area contributed by atoms with Crippen LogP contribution in [0.1, 0.15) is 31.2 Å². The van der Waals surface area contributed by atoms with E-state index < -0.39 is 16.1 Å². The van der Waals surface area contributed by atoms with E-state index in [1.54, 1.807) is 11.4 Å². The van der Waals surface area contributed by atoms with Gasteiger partial charge in [-0.25, -0.2) is 12.7 Å². The summed E-state index contributed by atoms with van der Waals surface area (Å²) in [5, 5.41) is 0. The zero-order chi connectivity index (χ0) is 18.4. The molecule has 1 atom stereocenters. The van der Waals surface area contributed by atoms with Crippen LogP contribution in [0.3, 0.4) is 0 Å². The van der Waals surface area contributed by atoms with Gasteiger partial charge < -0.3 is 9.64 Å². The minimum absolute atomic E-state index is 0.0270. The number of hydrogen-bond donors (Lipinski definition) is 0. The molecule has 26 heavy (non-hydrogen) atoms. The lowest BCUT2D eigenvalue weighted by molar-refractivity contribution is -0.197. The van der Waals surface area contributed by atoms with Crippen LogP contribution in [0.4, 0.5) is 0 Å². The summed E-state index contributed by atoms with van der Waals surface area (Å²) in [6.45, 7) is 1.70. The topological polar surface area (TPSA) is 66.9 Å².